The zero-order valence-corrected chi connectivity index (χ0v) is 17.3. The zero-order valence-electron chi connectivity index (χ0n) is 15.0. The number of hydrogen-bond donors (Lipinski definition) is 2. The second kappa shape index (κ2) is 9.66. The molecule has 0 radical (unpaired) electrons. The first-order valence-electron chi connectivity index (χ1n) is 7.99. The van der Waals surface area contributed by atoms with Gasteiger partial charge in [0.2, 0.25) is 0 Å². The molecule has 132 valence electrons. The molecule has 0 bridgehead atoms. The largest absolute Gasteiger partial charge is 0.359 e. The lowest BCUT2D eigenvalue weighted by molar-refractivity contribution is 0.371. The highest BCUT2D eigenvalue weighted by atomic mass is 127. The molecule has 1 aromatic carbocycles. The van der Waals surface area contributed by atoms with Crippen molar-refractivity contribution in [1.29, 1.82) is 0 Å². The molecule has 0 aliphatic rings. The number of hydrogen-bond acceptors (Lipinski definition) is 3. The number of rotatable bonds is 5. The van der Waals surface area contributed by atoms with Crippen LogP contribution < -0.4 is 10.6 Å². The average molecular weight is 442 g/mol. The number of nitrogens with one attached hydrogen (secondary N) is 2. The lowest BCUT2D eigenvalue weighted by Crippen LogP contribution is -2.38. The fraction of sp³-hybridized carbons (Fsp3) is 0.444. The Balaban J connectivity index is 0.00000288. The van der Waals surface area contributed by atoms with Crippen LogP contribution in [0.4, 0.5) is 0 Å². The molecule has 0 aliphatic carbocycles. The van der Waals surface area contributed by atoms with Crippen LogP contribution in [0, 0.1) is 6.92 Å². The van der Waals surface area contributed by atoms with E-state index in [1.54, 1.807) is 7.05 Å². The summed E-state index contributed by atoms with van der Waals surface area (Å²) >= 11 is 0. The molecule has 1 heterocycles. The Kier molecular flexibility index (Phi) is 8.24. The fourth-order valence-corrected chi connectivity index (χ4v) is 2.41. The molecule has 0 spiro atoms. The average Bonchev–Trinajstić information content (AvgIpc) is 3.00. The number of nitrogens with zero attached hydrogens (tertiary/aromatic N) is 2. The minimum absolute atomic E-state index is 0. The molecule has 2 aromatic rings. The number of aromatic nitrogens is 1. The molecule has 0 fully saturated rings. The third-order valence-electron chi connectivity index (χ3n) is 3.83. The van der Waals surface area contributed by atoms with Gasteiger partial charge in [-0.3, -0.25) is 4.99 Å². The van der Waals surface area contributed by atoms with Crippen LogP contribution in [-0.2, 0) is 6.54 Å². The molecule has 24 heavy (non-hydrogen) atoms. The van der Waals surface area contributed by atoms with Crippen molar-refractivity contribution in [1.82, 2.24) is 15.8 Å². The van der Waals surface area contributed by atoms with Crippen LogP contribution in [0.2, 0.25) is 0 Å². The van der Waals surface area contributed by atoms with Gasteiger partial charge >= 0.3 is 0 Å². The van der Waals surface area contributed by atoms with Crippen LogP contribution in [0.1, 0.15) is 55.3 Å². The smallest absolute Gasteiger partial charge is 0.191 e. The van der Waals surface area contributed by atoms with E-state index < -0.39 is 0 Å². The second-order valence-corrected chi connectivity index (χ2v) is 6.02. The van der Waals surface area contributed by atoms with Crippen LogP contribution in [0.5, 0.6) is 0 Å². The van der Waals surface area contributed by atoms with Crippen molar-refractivity contribution >= 4 is 29.9 Å². The van der Waals surface area contributed by atoms with Gasteiger partial charge in [0.25, 0.3) is 0 Å². The molecule has 0 saturated heterocycles. The first-order chi connectivity index (χ1) is 11.0. The normalized spacial score (nSPS) is 12.7. The minimum atomic E-state index is 0. The van der Waals surface area contributed by atoms with Gasteiger partial charge in [0, 0.05) is 13.1 Å². The summed E-state index contributed by atoms with van der Waals surface area (Å²) < 4.78 is 5.33. The Morgan fingerprint density at radius 1 is 1.25 bits per heavy atom. The minimum Gasteiger partial charge on any atom is -0.359 e. The number of benzene rings is 1. The van der Waals surface area contributed by atoms with E-state index in [2.05, 4.69) is 72.7 Å². The SMILES string of the molecule is CN=C(NCc1cc(C(C)C)no1)NC(C)c1ccccc1C.I. The van der Waals surface area contributed by atoms with Crippen molar-refractivity contribution in [3.05, 3.63) is 52.9 Å². The lowest BCUT2D eigenvalue weighted by atomic mass is 10.0. The van der Waals surface area contributed by atoms with Crippen molar-refractivity contribution in [3.63, 3.8) is 0 Å². The highest BCUT2D eigenvalue weighted by Crippen LogP contribution is 2.16. The van der Waals surface area contributed by atoms with E-state index in [9.17, 15) is 0 Å². The van der Waals surface area contributed by atoms with Gasteiger partial charge in [-0.15, -0.1) is 24.0 Å². The predicted molar refractivity (Wildman–Crippen MR) is 109 cm³/mol. The molecule has 6 heteroatoms. The van der Waals surface area contributed by atoms with Gasteiger partial charge in [0.15, 0.2) is 11.7 Å². The topological polar surface area (TPSA) is 62.5 Å². The summed E-state index contributed by atoms with van der Waals surface area (Å²) in [6.45, 7) is 8.99. The summed E-state index contributed by atoms with van der Waals surface area (Å²) in [7, 11) is 1.76. The van der Waals surface area contributed by atoms with E-state index in [0.717, 1.165) is 17.4 Å². The summed E-state index contributed by atoms with van der Waals surface area (Å²) in [6, 6.07) is 10.5. The van der Waals surface area contributed by atoms with Crippen molar-refractivity contribution in [2.45, 2.75) is 46.2 Å². The lowest BCUT2D eigenvalue weighted by Gasteiger charge is -2.19. The Morgan fingerprint density at radius 2 is 1.96 bits per heavy atom. The molecule has 0 amide bonds. The Morgan fingerprint density at radius 3 is 2.54 bits per heavy atom. The van der Waals surface area contributed by atoms with E-state index in [1.165, 1.54) is 11.1 Å². The number of halogens is 1. The van der Waals surface area contributed by atoms with E-state index in [1.807, 2.05) is 6.07 Å². The molecular weight excluding hydrogens is 415 g/mol. The van der Waals surface area contributed by atoms with Crippen LogP contribution in [0.3, 0.4) is 0 Å². The molecule has 2 rings (SSSR count). The first kappa shape index (κ1) is 20.5. The summed E-state index contributed by atoms with van der Waals surface area (Å²) in [5.74, 6) is 1.91. The Labute approximate surface area is 161 Å². The maximum atomic E-state index is 5.33. The van der Waals surface area contributed by atoms with Crippen LogP contribution in [-0.4, -0.2) is 18.2 Å². The van der Waals surface area contributed by atoms with Gasteiger partial charge in [-0.25, -0.2) is 0 Å². The summed E-state index contributed by atoms with van der Waals surface area (Å²) in [4.78, 5) is 4.27. The molecule has 5 nitrogen and oxygen atoms in total. The van der Waals surface area contributed by atoms with E-state index in [-0.39, 0.29) is 30.0 Å². The number of aryl methyl sites for hydroxylation is 1. The summed E-state index contributed by atoms with van der Waals surface area (Å²) in [5, 5.41) is 10.7. The highest BCUT2D eigenvalue weighted by molar-refractivity contribution is 14.0. The number of guanidine groups is 1. The molecular formula is C18H27IN4O. The van der Waals surface area contributed by atoms with Gasteiger partial charge in [-0.05, 0) is 30.9 Å². The third-order valence-corrected chi connectivity index (χ3v) is 3.83. The van der Waals surface area contributed by atoms with E-state index >= 15 is 0 Å². The monoisotopic (exact) mass is 442 g/mol. The molecule has 0 aliphatic heterocycles. The first-order valence-corrected chi connectivity index (χ1v) is 7.99. The van der Waals surface area contributed by atoms with Gasteiger partial charge < -0.3 is 15.2 Å². The van der Waals surface area contributed by atoms with Crippen molar-refractivity contribution in [2.24, 2.45) is 4.99 Å². The molecule has 2 N–H and O–H groups in total. The van der Waals surface area contributed by atoms with E-state index in [0.29, 0.717) is 12.5 Å². The summed E-state index contributed by atoms with van der Waals surface area (Å²) in [5.41, 5.74) is 3.50. The van der Waals surface area contributed by atoms with E-state index in [4.69, 9.17) is 4.52 Å². The molecule has 0 saturated carbocycles. The molecule has 1 unspecified atom stereocenters. The zero-order chi connectivity index (χ0) is 16.8. The second-order valence-electron chi connectivity index (χ2n) is 6.02. The standard InChI is InChI=1S/C18H26N4O.HI/c1-12(2)17-10-15(23-22-17)11-20-18(19-5)21-14(4)16-9-7-6-8-13(16)3;/h6-10,12,14H,11H2,1-5H3,(H2,19,20,21);1H. The summed E-state index contributed by atoms with van der Waals surface area (Å²) in [6.07, 6.45) is 0. The van der Waals surface area contributed by atoms with Gasteiger partial charge in [-0.1, -0.05) is 43.3 Å². The Bertz CT molecular complexity index is 667. The van der Waals surface area contributed by atoms with Crippen molar-refractivity contribution < 1.29 is 4.52 Å². The van der Waals surface area contributed by atoms with Crippen LogP contribution in [0.15, 0.2) is 39.8 Å². The quantitative estimate of drug-likeness (QED) is 0.415. The van der Waals surface area contributed by atoms with Crippen LogP contribution >= 0.6 is 24.0 Å². The van der Waals surface area contributed by atoms with Gasteiger partial charge in [0.05, 0.1) is 18.3 Å². The van der Waals surface area contributed by atoms with Gasteiger partial charge in [0.1, 0.15) is 0 Å². The maximum absolute atomic E-state index is 5.33. The maximum Gasteiger partial charge on any atom is 0.191 e. The molecule has 1 aromatic heterocycles. The van der Waals surface area contributed by atoms with Gasteiger partial charge in [-0.2, -0.15) is 0 Å². The Hall–Kier alpha value is -1.57. The predicted octanol–water partition coefficient (Wildman–Crippen LogP) is 4.15. The van der Waals surface area contributed by atoms with Crippen molar-refractivity contribution in [2.75, 3.05) is 7.05 Å². The van der Waals surface area contributed by atoms with Crippen molar-refractivity contribution in [3.8, 4) is 0 Å². The fourth-order valence-electron chi connectivity index (χ4n) is 2.41. The third kappa shape index (κ3) is 5.51. The molecule has 1 atom stereocenters. The van der Waals surface area contributed by atoms with Crippen LogP contribution in [0.25, 0.3) is 0 Å². The number of aliphatic imine (C=N–C) groups is 1. The highest BCUT2D eigenvalue weighted by Gasteiger charge is 2.11.